The van der Waals surface area contributed by atoms with Gasteiger partial charge in [-0.1, -0.05) is 18.2 Å². The van der Waals surface area contributed by atoms with Gasteiger partial charge in [0, 0.05) is 5.69 Å². The van der Waals surface area contributed by atoms with Gasteiger partial charge < -0.3 is 14.6 Å². The number of aliphatic hydroxyl groups is 1. The number of methoxy groups -OCH3 is 2. The first kappa shape index (κ1) is 23.0. The van der Waals surface area contributed by atoms with Crippen LogP contribution in [0.5, 0.6) is 11.5 Å². The Balaban J connectivity index is 2.00. The molecule has 0 aliphatic carbocycles. The van der Waals surface area contributed by atoms with Crippen molar-refractivity contribution in [2.24, 2.45) is 0 Å². The van der Waals surface area contributed by atoms with Crippen molar-refractivity contribution in [2.45, 2.75) is 19.9 Å². The predicted octanol–water partition coefficient (Wildman–Crippen LogP) is 5.09. The van der Waals surface area contributed by atoms with Crippen LogP contribution >= 0.6 is 0 Å². The second-order valence-corrected chi connectivity index (χ2v) is 8.13. The average Bonchev–Trinajstić information content (AvgIpc) is 3.08. The number of nitrogens with zero attached hydrogens (tertiary/aromatic N) is 1. The maximum Gasteiger partial charge on any atom is 0.300 e. The van der Waals surface area contributed by atoms with Gasteiger partial charge in [0.1, 0.15) is 23.1 Å². The van der Waals surface area contributed by atoms with Gasteiger partial charge in [0.05, 0.1) is 31.4 Å². The zero-order chi connectivity index (χ0) is 24.6. The molecule has 1 atom stereocenters. The second-order valence-electron chi connectivity index (χ2n) is 8.13. The fourth-order valence-electron chi connectivity index (χ4n) is 4.29. The number of aliphatic hydroxyl groups excluding tert-OH is 1. The van der Waals surface area contributed by atoms with Gasteiger partial charge in [0.2, 0.25) is 0 Å². The van der Waals surface area contributed by atoms with Gasteiger partial charge >= 0.3 is 0 Å². The molecule has 3 aromatic carbocycles. The van der Waals surface area contributed by atoms with Crippen LogP contribution in [-0.2, 0) is 9.59 Å². The molecule has 3 aromatic rings. The van der Waals surface area contributed by atoms with Crippen LogP contribution in [0.15, 0.2) is 66.2 Å². The molecule has 1 unspecified atom stereocenters. The molecule has 7 heteroatoms. The molecule has 1 N–H and O–H groups in total. The molecule has 4 rings (SSSR count). The molecule has 1 amide bonds. The molecule has 1 aliphatic heterocycles. The summed E-state index contributed by atoms with van der Waals surface area (Å²) in [4.78, 5) is 28.0. The van der Waals surface area contributed by atoms with E-state index in [9.17, 15) is 19.1 Å². The van der Waals surface area contributed by atoms with Gasteiger partial charge in [-0.25, -0.2) is 4.39 Å². The zero-order valence-electron chi connectivity index (χ0n) is 19.3. The number of halogens is 1. The van der Waals surface area contributed by atoms with E-state index in [0.717, 1.165) is 11.1 Å². The molecule has 0 bridgehead atoms. The third-order valence-electron chi connectivity index (χ3n) is 5.78. The van der Waals surface area contributed by atoms with E-state index in [4.69, 9.17) is 9.47 Å². The fourth-order valence-corrected chi connectivity index (χ4v) is 4.29. The summed E-state index contributed by atoms with van der Waals surface area (Å²) in [6.07, 6.45) is 0. The summed E-state index contributed by atoms with van der Waals surface area (Å²) in [6.45, 7) is 3.78. The minimum atomic E-state index is -0.974. The lowest BCUT2D eigenvalue weighted by Gasteiger charge is -2.26. The Hall–Kier alpha value is -4.13. The van der Waals surface area contributed by atoms with Gasteiger partial charge in [0.15, 0.2) is 0 Å². The monoisotopic (exact) mass is 461 g/mol. The van der Waals surface area contributed by atoms with Crippen LogP contribution in [0.3, 0.4) is 0 Å². The van der Waals surface area contributed by atoms with Gasteiger partial charge in [-0.3, -0.25) is 14.5 Å². The highest BCUT2D eigenvalue weighted by molar-refractivity contribution is 6.51. The SMILES string of the molecule is COc1ccc(OC)c(/C(O)=C2\C(=O)C(=O)N(c3cc(C)cc(C)c3)C2c2ccc(F)cc2)c1. The van der Waals surface area contributed by atoms with Crippen molar-refractivity contribution >= 4 is 23.1 Å². The minimum Gasteiger partial charge on any atom is -0.507 e. The lowest BCUT2D eigenvalue weighted by atomic mass is 9.94. The number of rotatable bonds is 5. The molecule has 0 aromatic heterocycles. The Morgan fingerprint density at radius 2 is 1.56 bits per heavy atom. The van der Waals surface area contributed by atoms with Crippen LogP contribution in [-0.4, -0.2) is 31.0 Å². The quantitative estimate of drug-likeness (QED) is 0.326. The highest BCUT2D eigenvalue weighted by Gasteiger charge is 2.47. The van der Waals surface area contributed by atoms with E-state index in [2.05, 4.69) is 0 Å². The number of carbonyl (C=O) groups is 2. The van der Waals surface area contributed by atoms with E-state index in [1.165, 1.54) is 49.5 Å². The standard InChI is InChI=1S/C27H24FNO5/c1-15-11-16(2)13-19(12-15)29-24(17-5-7-18(28)8-6-17)23(26(31)27(29)32)25(30)21-14-20(33-3)9-10-22(21)34-4/h5-14,24,30H,1-4H3/b25-23+. The lowest BCUT2D eigenvalue weighted by molar-refractivity contribution is -0.132. The maximum absolute atomic E-state index is 13.7. The number of aryl methyl sites for hydroxylation is 2. The van der Waals surface area contributed by atoms with E-state index in [1.807, 2.05) is 19.9 Å². The third kappa shape index (κ3) is 4.01. The summed E-state index contributed by atoms with van der Waals surface area (Å²) in [6, 6.07) is 14.8. The van der Waals surface area contributed by atoms with Crippen molar-refractivity contribution < 1.29 is 28.6 Å². The second kappa shape index (κ2) is 9.02. The lowest BCUT2D eigenvalue weighted by Crippen LogP contribution is -2.29. The predicted molar refractivity (Wildman–Crippen MR) is 127 cm³/mol. The summed E-state index contributed by atoms with van der Waals surface area (Å²) in [5.41, 5.74) is 2.87. The van der Waals surface area contributed by atoms with Crippen LogP contribution in [0.4, 0.5) is 10.1 Å². The molecular formula is C27H24FNO5. The van der Waals surface area contributed by atoms with Crippen molar-refractivity contribution in [1.82, 2.24) is 0 Å². The van der Waals surface area contributed by atoms with Crippen molar-refractivity contribution in [1.29, 1.82) is 0 Å². The Morgan fingerprint density at radius 3 is 2.15 bits per heavy atom. The molecule has 174 valence electrons. The largest absolute Gasteiger partial charge is 0.507 e. The number of amides is 1. The third-order valence-corrected chi connectivity index (χ3v) is 5.78. The van der Waals surface area contributed by atoms with Crippen LogP contribution in [0, 0.1) is 19.7 Å². The summed E-state index contributed by atoms with van der Waals surface area (Å²) in [5.74, 6) is -1.77. The number of anilines is 1. The topological polar surface area (TPSA) is 76.1 Å². The van der Waals surface area contributed by atoms with E-state index >= 15 is 0 Å². The summed E-state index contributed by atoms with van der Waals surface area (Å²) in [7, 11) is 2.91. The smallest absolute Gasteiger partial charge is 0.300 e. The van der Waals surface area contributed by atoms with Gasteiger partial charge in [-0.2, -0.15) is 0 Å². The van der Waals surface area contributed by atoms with Crippen molar-refractivity contribution in [3.63, 3.8) is 0 Å². The zero-order valence-corrected chi connectivity index (χ0v) is 19.3. The first-order chi connectivity index (χ1) is 16.2. The average molecular weight is 461 g/mol. The summed E-state index contributed by atoms with van der Waals surface area (Å²) >= 11 is 0. The Labute approximate surface area is 196 Å². The number of benzene rings is 3. The molecule has 0 spiro atoms. The molecule has 34 heavy (non-hydrogen) atoms. The molecule has 1 heterocycles. The van der Waals surface area contributed by atoms with Crippen LogP contribution in [0.25, 0.3) is 5.76 Å². The molecule has 0 radical (unpaired) electrons. The Kier molecular flexibility index (Phi) is 6.11. The van der Waals surface area contributed by atoms with Gasteiger partial charge in [-0.15, -0.1) is 0 Å². The number of Topliss-reactive ketones (excluding diaryl/α,β-unsaturated/α-hetero) is 1. The molecule has 0 saturated carbocycles. The highest BCUT2D eigenvalue weighted by atomic mass is 19.1. The first-order valence-corrected chi connectivity index (χ1v) is 10.6. The maximum atomic E-state index is 13.7. The molecule has 1 fully saturated rings. The van der Waals surface area contributed by atoms with E-state index < -0.39 is 29.3 Å². The van der Waals surface area contributed by atoms with Crippen LogP contribution < -0.4 is 14.4 Å². The molecule has 1 saturated heterocycles. The number of hydrogen-bond acceptors (Lipinski definition) is 5. The van der Waals surface area contributed by atoms with Gasteiger partial charge in [-0.05, 0) is 73.0 Å². The van der Waals surface area contributed by atoms with Crippen LogP contribution in [0.2, 0.25) is 0 Å². The molecule has 6 nitrogen and oxygen atoms in total. The van der Waals surface area contributed by atoms with E-state index in [0.29, 0.717) is 22.7 Å². The molecule has 1 aliphatic rings. The first-order valence-electron chi connectivity index (χ1n) is 10.6. The molecular weight excluding hydrogens is 437 g/mol. The van der Waals surface area contributed by atoms with E-state index in [1.54, 1.807) is 24.3 Å². The normalized spacial score (nSPS) is 17.2. The van der Waals surface area contributed by atoms with E-state index in [-0.39, 0.29) is 11.1 Å². The van der Waals surface area contributed by atoms with Crippen LogP contribution in [0.1, 0.15) is 28.3 Å². The fraction of sp³-hybridized carbons (Fsp3) is 0.185. The van der Waals surface area contributed by atoms with Crippen molar-refractivity contribution in [3.8, 4) is 11.5 Å². The van der Waals surface area contributed by atoms with Crippen molar-refractivity contribution in [3.05, 3.63) is 94.3 Å². The summed E-state index contributed by atoms with van der Waals surface area (Å²) in [5, 5.41) is 11.4. The Morgan fingerprint density at radius 1 is 0.912 bits per heavy atom. The minimum absolute atomic E-state index is 0.123. The number of ether oxygens (including phenoxy) is 2. The Bertz CT molecular complexity index is 1290. The summed E-state index contributed by atoms with van der Waals surface area (Å²) < 4.78 is 24.4. The highest BCUT2D eigenvalue weighted by Crippen LogP contribution is 2.44. The van der Waals surface area contributed by atoms with Gasteiger partial charge in [0.25, 0.3) is 11.7 Å². The van der Waals surface area contributed by atoms with Crippen molar-refractivity contribution in [2.75, 3.05) is 19.1 Å². The number of carbonyl (C=O) groups excluding carboxylic acids is 2. The number of ketones is 1. The number of hydrogen-bond donors (Lipinski definition) is 1.